The first-order valence-electron chi connectivity index (χ1n) is 10.6. The van der Waals surface area contributed by atoms with Crippen molar-refractivity contribution in [2.75, 3.05) is 0 Å². The summed E-state index contributed by atoms with van der Waals surface area (Å²) in [5.41, 5.74) is 1.10. The molecule has 156 valence electrons. The fourth-order valence-electron chi connectivity index (χ4n) is 4.90. The molecule has 6 heteroatoms. The molecule has 30 heavy (non-hydrogen) atoms. The molecule has 0 bridgehead atoms. The van der Waals surface area contributed by atoms with Crippen LogP contribution in [0, 0.1) is 0 Å². The van der Waals surface area contributed by atoms with Gasteiger partial charge in [0, 0.05) is 16.3 Å². The minimum absolute atomic E-state index is 0.0659. The molecule has 5 nitrogen and oxygen atoms in total. The van der Waals surface area contributed by atoms with Gasteiger partial charge in [-0.05, 0) is 54.7 Å². The Balaban J connectivity index is 1.59. The van der Waals surface area contributed by atoms with Crippen LogP contribution in [0.3, 0.4) is 0 Å². The van der Waals surface area contributed by atoms with Gasteiger partial charge in [0.1, 0.15) is 11.6 Å². The maximum Gasteiger partial charge on any atom is 0.335 e. The van der Waals surface area contributed by atoms with Crippen molar-refractivity contribution in [2.24, 2.45) is 0 Å². The van der Waals surface area contributed by atoms with Crippen LogP contribution >= 0.6 is 11.3 Å². The molecule has 0 unspecified atom stereocenters. The number of hydrogen-bond acceptors (Lipinski definition) is 4. The second kappa shape index (κ2) is 6.77. The number of carboxylic acids is 1. The van der Waals surface area contributed by atoms with Crippen molar-refractivity contribution in [2.45, 2.75) is 69.2 Å². The van der Waals surface area contributed by atoms with Gasteiger partial charge >= 0.3 is 5.97 Å². The molecule has 2 heterocycles. The van der Waals surface area contributed by atoms with Gasteiger partial charge in [0.05, 0.1) is 11.0 Å². The van der Waals surface area contributed by atoms with Crippen LogP contribution in [-0.2, 0) is 10.8 Å². The first kappa shape index (κ1) is 19.5. The summed E-state index contributed by atoms with van der Waals surface area (Å²) in [5, 5.41) is 21.2. The number of carbonyl (C=O) groups is 1. The molecule has 1 N–H and O–H groups in total. The SMILES string of the molecule is CC(C)(C)c1nnc(C2(c3cccs3)CC(c3ccccc3C(=O)O)C2)n1C1CC1. The molecule has 0 radical (unpaired) electrons. The molecule has 5 rings (SSSR count). The Hall–Kier alpha value is -2.47. The minimum Gasteiger partial charge on any atom is -0.478 e. The fourth-order valence-corrected chi connectivity index (χ4v) is 5.85. The van der Waals surface area contributed by atoms with Gasteiger partial charge in [0.15, 0.2) is 0 Å². The molecule has 0 amide bonds. The Morgan fingerprint density at radius 2 is 1.87 bits per heavy atom. The lowest BCUT2D eigenvalue weighted by atomic mass is 9.58. The molecule has 0 spiro atoms. The van der Waals surface area contributed by atoms with E-state index in [0.717, 1.165) is 30.1 Å². The predicted molar refractivity (Wildman–Crippen MR) is 117 cm³/mol. The minimum atomic E-state index is -0.851. The van der Waals surface area contributed by atoms with Crippen LogP contribution in [-0.4, -0.2) is 25.8 Å². The zero-order chi connectivity index (χ0) is 21.1. The summed E-state index contributed by atoms with van der Waals surface area (Å²) >= 11 is 1.77. The molecule has 2 aliphatic carbocycles. The second-order valence-electron chi connectivity index (χ2n) is 9.76. The first-order chi connectivity index (χ1) is 14.3. The third-order valence-corrected chi connectivity index (χ3v) is 7.59. The lowest BCUT2D eigenvalue weighted by Crippen LogP contribution is -2.43. The van der Waals surface area contributed by atoms with Gasteiger partial charge in [-0.2, -0.15) is 0 Å². The van der Waals surface area contributed by atoms with Crippen LogP contribution in [0.4, 0.5) is 0 Å². The third-order valence-electron chi connectivity index (χ3n) is 6.52. The highest BCUT2D eigenvalue weighted by Crippen LogP contribution is 2.58. The standard InChI is InChI=1S/C24H27N3O2S/c1-23(2,3)21-25-26-22(27(21)16-10-11-16)24(19-9-6-12-30-19)13-15(14-24)17-7-4-5-8-18(17)20(28)29/h4-9,12,15-16H,10-11,13-14H2,1-3H3,(H,28,29). The fraction of sp³-hybridized carbons (Fsp3) is 0.458. The predicted octanol–water partition coefficient (Wildman–Crippen LogP) is 5.53. The Morgan fingerprint density at radius 1 is 1.13 bits per heavy atom. The topological polar surface area (TPSA) is 68.0 Å². The number of hydrogen-bond donors (Lipinski definition) is 1. The van der Waals surface area contributed by atoms with Crippen molar-refractivity contribution in [3.05, 3.63) is 69.4 Å². The van der Waals surface area contributed by atoms with E-state index in [1.807, 2.05) is 12.1 Å². The van der Waals surface area contributed by atoms with Gasteiger partial charge in [0.25, 0.3) is 0 Å². The van der Waals surface area contributed by atoms with Crippen LogP contribution < -0.4 is 0 Å². The molecule has 0 atom stereocenters. The molecule has 2 saturated carbocycles. The van der Waals surface area contributed by atoms with Crippen LogP contribution in [0.1, 0.15) is 90.9 Å². The number of aromatic nitrogens is 3. The molecule has 0 saturated heterocycles. The van der Waals surface area contributed by atoms with Crippen molar-refractivity contribution < 1.29 is 9.90 Å². The van der Waals surface area contributed by atoms with E-state index in [-0.39, 0.29) is 16.7 Å². The summed E-state index contributed by atoms with van der Waals surface area (Å²) < 4.78 is 2.42. The Bertz CT molecular complexity index is 1080. The summed E-state index contributed by atoms with van der Waals surface area (Å²) in [7, 11) is 0. The monoisotopic (exact) mass is 421 g/mol. The van der Waals surface area contributed by atoms with E-state index in [1.54, 1.807) is 23.5 Å². The van der Waals surface area contributed by atoms with E-state index in [9.17, 15) is 9.90 Å². The average Bonchev–Trinajstić information content (AvgIpc) is 3.16. The highest BCUT2D eigenvalue weighted by molar-refractivity contribution is 7.10. The number of carboxylic acid groups (broad SMARTS) is 1. The number of benzene rings is 1. The maximum absolute atomic E-state index is 11.8. The van der Waals surface area contributed by atoms with Crippen LogP contribution in [0.25, 0.3) is 0 Å². The molecule has 3 aromatic rings. The smallest absolute Gasteiger partial charge is 0.335 e. The van der Waals surface area contributed by atoms with Crippen LogP contribution in [0.2, 0.25) is 0 Å². The molecule has 2 fully saturated rings. The van der Waals surface area contributed by atoms with Gasteiger partial charge in [-0.1, -0.05) is 45.0 Å². The normalized spacial score (nSPS) is 23.9. The van der Waals surface area contributed by atoms with E-state index in [0.29, 0.717) is 11.6 Å². The quantitative estimate of drug-likeness (QED) is 0.588. The molecule has 2 aromatic heterocycles. The maximum atomic E-state index is 11.8. The summed E-state index contributed by atoms with van der Waals surface area (Å²) in [6.07, 6.45) is 4.10. The number of aromatic carboxylic acids is 1. The number of thiophene rings is 1. The van der Waals surface area contributed by atoms with Crippen molar-refractivity contribution in [1.82, 2.24) is 14.8 Å². The van der Waals surface area contributed by atoms with Crippen LogP contribution in [0.15, 0.2) is 41.8 Å². The highest BCUT2D eigenvalue weighted by atomic mass is 32.1. The lowest BCUT2D eigenvalue weighted by Gasteiger charge is -2.47. The van der Waals surface area contributed by atoms with Crippen LogP contribution in [0.5, 0.6) is 0 Å². The largest absolute Gasteiger partial charge is 0.478 e. The van der Waals surface area contributed by atoms with E-state index >= 15 is 0 Å². The molecular formula is C24H27N3O2S. The third kappa shape index (κ3) is 3.00. The van der Waals surface area contributed by atoms with Gasteiger partial charge in [-0.3, -0.25) is 0 Å². The van der Waals surface area contributed by atoms with Crippen molar-refractivity contribution in [3.63, 3.8) is 0 Å². The van der Waals surface area contributed by atoms with Crippen molar-refractivity contribution >= 4 is 17.3 Å². The molecular weight excluding hydrogens is 394 g/mol. The Labute approximate surface area is 180 Å². The highest BCUT2D eigenvalue weighted by Gasteiger charge is 2.53. The summed E-state index contributed by atoms with van der Waals surface area (Å²) in [6, 6.07) is 12.2. The summed E-state index contributed by atoms with van der Waals surface area (Å²) in [5.74, 6) is 1.49. The molecule has 0 aliphatic heterocycles. The van der Waals surface area contributed by atoms with Crippen molar-refractivity contribution in [3.8, 4) is 0 Å². The second-order valence-corrected chi connectivity index (χ2v) is 10.7. The lowest BCUT2D eigenvalue weighted by molar-refractivity contribution is 0.0693. The molecule has 2 aliphatic rings. The van der Waals surface area contributed by atoms with Gasteiger partial charge in [-0.25, -0.2) is 4.79 Å². The summed E-state index contributed by atoms with van der Waals surface area (Å²) in [6.45, 7) is 6.60. The number of nitrogens with zero attached hydrogens (tertiary/aromatic N) is 3. The Kier molecular flexibility index (Phi) is 4.40. The zero-order valence-electron chi connectivity index (χ0n) is 17.6. The van der Waals surface area contributed by atoms with E-state index in [4.69, 9.17) is 5.10 Å². The van der Waals surface area contributed by atoms with E-state index in [2.05, 4.69) is 47.9 Å². The van der Waals surface area contributed by atoms with Crippen molar-refractivity contribution in [1.29, 1.82) is 0 Å². The zero-order valence-corrected chi connectivity index (χ0v) is 18.4. The van der Waals surface area contributed by atoms with Gasteiger partial charge in [0.2, 0.25) is 0 Å². The first-order valence-corrected chi connectivity index (χ1v) is 11.5. The molecule has 1 aromatic carbocycles. The van der Waals surface area contributed by atoms with Gasteiger partial charge < -0.3 is 9.67 Å². The average molecular weight is 422 g/mol. The number of rotatable bonds is 5. The van der Waals surface area contributed by atoms with E-state index in [1.165, 1.54) is 17.7 Å². The van der Waals surface area contributed by atoms with Gasteiger partial charge in [-0.15, -0.1) is 21.5 Å². The summed E-state index contributed by atoms with van der Waals surface area (Å²) in [4.78, 5) is 13.1. The van der Waals surface area contributed by atoms with E-state index < -0.39 is 5.97 Å². The Morgan fingerprint density at radius 3 is 2.47 bits per heavy atom.